The number of benzene rings is 2. The highest BCUT2D eigenvalue weighted by atomic mass is 16.5. The second kappa shape index (κ2) is 4.98. The van der Waals surface area contributed by atoms with Crippen molar-refractivity contribution in [2.24, 2.45) is 0 Å². The van der Waals surface area contributed by atoms with Crippen molar-refractivity contribution in [3.63, 3.8) is 0 Å². The van der Waals surface area contributed by atoms with Crippen molar-refractivity contribution in [1.29, 1.82) is 0 Å². The van der Waals surface area contributed by atoms with Gasteiger partial charge in [0.05, 0.1) is 17.6 Å². The Labute approximate surface area is 117 Å². The Balaban J connectivity index is 2.20. The average molecular weight is 267 g/mol. The topological polar surface area (TPSA) is 53.1 Å². The molecule has 2 aromatic carbocycles. The summed E-state index contributed by atoms with van der Waals surface area (Å²) in [5.74, 6) is 0.500. The number of nitrogen functional groups attached to an aromatic ring is 1. The SMILES string of the molecule is COCc1cccc(-n2c(N)nc3ccc(C)cc32)c1. The van der Waals surface area contributed by atoms with Crippen LogP contribution in [0, 0.1) is 6.92 Å². The smallest absolute Gasteiger partial charge is 0.205 e. The molecule has 0 unspecified atom stereocenters. The van der Waals surface area contributed by atoms with Gasteiger partial charge in [0.2, 0.25) is 5.95 Å². The molecule has 4 nitrogen and oxygen atoms in total. The highest BCUT2D eigenvalue weighted by molar-refractivity contribution is 5.81. The predicted molar refractivity (Wildman–Crippen MR) is 80.9 cm³/mol. The summed E-state index contributed by atoms with van der Waals surface area (Å²) in [6.45, 7) is 2.65. The summed E-state index contributed by atoms with van der Waals surface area (Å²) in [6, 6.07) is 14.3. The first-order chi connectivity index (χ1) is 9.69. The van der Waals surface area contributed by atoms with Crippen LogP contribution in [0.5, 0.6) is 0 Å². The van der Waals surface area contributed by atoms with Gasteiger partial charge in [0.1, 0.15) is 0 Å². The van der Waals surface area contributed by atoms with E-state index in [9.17, 15) is 0 Å². The molecule has 4 heteroatoms. The monoisotopic (exact) mass is 267 g/mol. The number of nitrogens with zero attached hydrogens (tertiary/aromatic N) is 2. The minimum Gasteiger partial charge on any atom is -0.380 e. The van der Waals surface area contributed by atoms with Gasteiger partial charge in [-0.05, 0) is 42.3 Å². The lowest BCUT2D eigenvalue weighted by Gasteiger charge is -2.09. The summed E-state index contributed by atoms with van der Waals surface area (Å²) >= 11 is 0. The van der Waals surface area contributed by atoms with Crippen LogP contribution in [0.25, 0.3) is 16.7 Å². The molecule has 0 atom stereocenters. The van der Waals surface area contributed by atoms with Crippen LogP contribution in [0.3, 0.4) is 0 Å². The number of ether oxygens (including phenoxy) is 1. The van der Waals surface area contributed by atoms with Crippen molar-refractivity contribution in [2.75, 3.05) is 12.8 Å². The molecular formula is C16H17N3O. The minimum atomic E-state index is 0.500. The zero-order chi connectivity index (χ0) is 14.1. The van der Waals surface area contributed by atoms with Gasteiger partial charge in [0, 0.05) is 12.8 Å². The standard InChI is InChI=1S/C16H17N3O/c1-11-6-7-14-15(8-11)19(16(17)18-14)13-5-3-4-12(9-13)10-20-2/h3-9H,10H2,1-2H3,(H2,17,18). The van der Waals surface area contributed by atoms with Crippen molar-refractivity contribution < 1.29 is 4.74 Å². The maximum Gasteiger partial charge on any atom is 0.205 e. The molecule has 0 aliphatic carbocycles. The Kier molecular flexibility index (Phi) is 3.16. The molecule has 0 spiro atoms. The quantitative estimate of drug-likeness (QED) is 0.793. The number of aromatic nitrogens is 2. The fourth-order valence-electron chi connectivity index (χ4n) is 2.43. The molecule has 0 aliphatic rings. The molecule has 0 amide bonds. The number of fused-ring (bicyclic) bond motifs is 1. The van der Waals surface area contributed by atoms with Crippen LogP contribution in [-0.2, 0) is 11.3 Å². The van der Waals surface area contributed by atoms with E-state index in [4.69, 9.17) is 10.5 Å². The van der Waals surface area contributed by atoms with Gasteiger partial charge in [-0.25, -0.2) is 4.98 Å². The van der Waals surface area contributed by atoms with Gasteiger partial charge in [0.25, 0.3) is 0 Å². The van der Waals surface area contributed by atoms with Gasteiger partial charge in [-0.15, -0.1) is 0 Å². The molecule has 1 aromatic heterocycles. The van der Waals surface area contributed by atoms with Gasteiger partial charge in [-0.1, -0.05) is 18.2 Å². The summed E-state index contributed by atoms with van der Waals surface area (Å²) in [6.07, 6.45) is 0. The fourth-order valence-corrected chi connectivity index (χ4v) is 2.43. The molecule has 3 aromatic rings. The Morgan fingerprint density at radius 2 is 2.05 bits per heavy atom. The predicted octanol–water partition coefficient (Wildman–Crippen LogP) is 3.06. The van der Waals surface area contributed by atoms with Gasteiger partial charge in [0.15, 0.2) is 0 Å². The van der Waals surface area contributed by atoms with E-state index in [0.717, 1.165) is 22.3 Å². The molecular weight excluding hydrogens is 250 g/mol. The number of rotatable bonds is 3. The van der Waals surface area contributed by atoms with E-state index in [2.05, 4.69) is 24.0 Å². The van der Waals surface area contributed by atoms with Gasteiger partial charge in [-0.2, -0.15) is 0 Å². The molecule has 0 saturated heterocycles. The third kappa shape index (κ3) is 2.14. The van der Waals surface area contributed by atoms with Crippen molar-refractivity contribution in [3.05, 3.63) is 53.6 Å². The van der Waals surface area contributed by atoms with Crippen molar-refractivity contribution in [3.8, 4) is 5.69 Å². The highest BCUT2D eigenvalue weighted by Crippen LogP contribution is 2.24. The average Bonchev–Trinajstić information content (AvgIpc) is 2.75. The number of hydrogen-bond acceptors (Lipinski definition) is 3. The first kappa shape index (κ1) is 12.7. The molecule has 0 aliphatic heterocycles. The molecule has 2 N–H and O–H groups in total. The largest absolute Gasteiger partial charge is 0.380 e. The number of hydrogen-bond donors (Lipinski definition) is 1. The first-order valence-electron chi connectivity index (χ1n) is 6.52. The van der Waals surface area contributed by atoms with Crippen LogP contribution >= 0.6 is 0 Å². The fraction of sp³-hybridized carbons (Fsp3) is 0.188. The van der Waals surface area contributed by atoms with Gasteiger partial charge >= 0.3 is 0 Å². The zero-order valence-corrected chi connectivity index (χ0v) is 11.6. The number of imidazole rings is 1. The lowest BCUT2D eigenvalue weighted by Crippen LogP contribution is -2.01. The highest BCUT2D eigenvalue weighted by Gasteiger charge is 2.10. The van der Waals surface area contributed by atoms with Crippen molar-refractivity contribution in [2.45, 2.75) is 13.5 Å². The van der Waals surface area contributed by atoms with E-state index >= 15 is 0 Å². The third-order valence-corrected chi connectivity index (χ3v) is 3.32. The maximum absolute atomic E-state index is 6.08. The van der Waals surface area contributed by atoms with E-state index in [0.29, 0.717) is 12.6 Å². The Bertz CT molecular complexity index is 762. The summed E-state index contributed by atoms with van der Waals surface area (Å²) in [7, 11) is 1.69. The molecule has 0 bridgehead atoms. The van der Waals surface area contributed by atoms with Crippen LogP contribution in [0.2, 0.25) is 0 Å². The summed E-state index contributed by atoms with van der Waals surface area (Å²) in [5, 5.41) is 0. The van der Waals surface area contributed by atoms with Crippen LogP contribution in [-0.4, -0.2) is 16.7 Å². The lowest BCUT2D eigenvalue weighted by molar-refractivity contribution is 0.185. The van der Waals surface area contributed by atoms with Crippen molar-refractivity contribution >= 4 is 17.0 Å². The molecule has 0 radical (unpaired) electrons. The lowest BCUT2D eigenvalue weighted by atomic mass is 10.2. The molecule has 20 heavy (non-hydrogen) atoms. The second-order valence-electron chi connectivity index (χ2n) is 4.90. The molecule has 1 heterocycles. The number of anilines is 1. The van der Waals surface area contributed by atoms with Gasteiger partial charge in [-0.3, -0.25) is 4.57 Å². The van der Waals surface area contributed by atoms with E-state index in [-0.39, 0.29) is 0 Å². The zero-order valence-electron chi connectivity index (χ0n) is 11.6. The number of nitrogens with two attached hydrogens (primary N) is 1. The van der Waals surface area contributed by atoms with Crippen molar-refractivity contribution in [1.82, 2.24) is 9.55 Å². The van der Waals surface area contributed by atoms with E-state index in [1.54, 1.807) is 7.11 Å². The van der Waals surface area contributed by atoms with Crippen LogP contribution in [0.15, 0.2) is 42.5 Å². The summed E-state index contributed by atoms with van der Waals surface area (Å²) in [5.41, 5.74) is 11.3. The molecule has 0 fully saturated rings. The summed E-state index contributed by atoms with van der Waals surface area (Å²) in [4.78, 5) is 4.42. The Hall–Kier alpha value is -2.33. The third-order valence-electron chi connectivity index (χ3n) is 3.32. The maximum atomic E-state index is 6.08. The molecule has 3 rings (SSSR count). The van der Waals surface area contributed by atoms with E-state index in [1.807, 2.05) is 34.9 Å². The minimum absolute atomic E-state index is 0.500. The first-order valence-corrected chi connectivity index (χ1v) is 6.52. The van der Waals surface area contributed by atoms with Crippen LogP contribution < -0.4 is 5.73 Å². The normalized spacial score (nSPS) is 11.1. The molecule has 102 valence electrons. The Morgan fingerprint density at radius 1 is 1.20 bits per heavy atom. The molecule has 0 saturated carbocycles. The van der Waals surface area contributed by atoms with Gasteiger partial charge < -0.3 is 10.5 Å². The summed E-state index contributed by atoms with van der Waals surface area (Å²) < 4.78 is 7.15. The Morgan fingerprint density at radius 3 is 2.85 bits per heavy atom. The number of methoxy groups -OCH3 is 1. The van der Waals surface area contributed by atoms with Crippen LogP contribution in [0.1, 0.15) is 11.1 Å². The number of aryl methyl sites for hydroxylation is 1. The van der Waals surface area contributed by atoms with E-state index in [1.165, 1.54) is 5.56 Å². The van der Waals surface area contributed by atoms with E-state index < -0.39 is 0 Å². The second-order valence-corrected chi connectivity index (χ2v) is 4.90. The van der Waals surface area contributed by atoms with Crippen LogP contribution in [0.4, 0.5) is 5.95 Å².